The van der Waals surface area contributed by atoms with Crippen molar-refractivity contribution in [2.75, 3.05) is 0 Å². The van der Waals surface area contributed by atoms with Crippen LogP contribution in [-0.2, 0) is 29.1 Å². The van der Waals surface area contributed by atoms with Gasteiger partial charge in [0.15, 0.2) is 0 Å². The normalized spacial score (nSPS) is 15.4. The molecular weight excluding hydrogens is 366 g/mol. The number of esters is 1. The maximum atomic E-state index is 13.1. The molecule has 5 nitrogen and oxygen atoms in total. The van der Waals surface area contributed by atoms with Crippen LogP contribution < -0.4 is 0 Å². The SMILES string of the molecule is O=C(OCc1ccccc1)[C@@H]1Cc2ccccc2CN1C(=O)c1ccc(O)cc1. The molecule has 0 saturated heterocycles. The van der Waals surface area contributed by atoms with Crippen LogP contribution in [-0.4, -0.2) is 27.9 Å². The Hall–Kier alpha value is -3.60. The lowest BCUT2D eigenvalue weighted by Gasteiger charge is -2.35. The molecular formula is C24H21NO4. The van der Waals surface area contributed by atoms with Gasteiger partial charge in [0.05, 0.1) is 0 Å². The van der Waals surface area contributed by atoms with Gasteiger partial charge in [0.1, 0.15) is 18.4 Å². The van der Waals surface area contributed by atoms with Crippen LogP contribution in [0.25, 0.3) is 0 Å². The summed E-state index contributed by atoms with van der Waals surface area (Å²) in [6.45, 7) is 0.500. The first-order chi connectivity index (χ1) is 14.1. The molecule has 0 aromatic heterocycles. The van der Waals surface area contributed by atoms with Crippen LogP contribution >= 0.6 is 0 Å². The summed E-state index contributed by atoms with van der Waals surface area (Å²) in [7, 11) is 0. The molecule has 3 aromatic rings. The molecule has 4 rings (SSSR count). The van der Waals surface area contributed by atoms with Crippen molar-refractivity contribution < 1.29 is 19.4 Å². The predicted octanol–water partition coefficient (Wildman–Crippen LogP) is 3.70. The highest BCUT2D eigenvalue weighted by Gasteiger charge is 2.36. The molecule has 0 unspecified atom stereocenters. The summed E-state index contributed by atoms with van der Waals surface area (Å²) in [5.74, 6) is -0.596. The Balaban J connectivity index is 1.58. The summed E-state index contributed by atoms with van der Waals surface area (Å²) < 4.78 is 5.55. The third-order valence-electron chi connectivity index (χ3n) is 5.12. The van der Waals surface area contributed by atoms with Gasteiger partial charge in [0.2, 0.25) is 0 Å². The number of ether oxygens (including phenoxy) is 1. The number of aromatic hydroxyl groups is 1. The number of hydrogen-bond acceptors (Lipinski definition) is 4. The van der Waals surface area contributed by atoms with E-state index < -0.39 is 12.0 Å². The van der Waals surface area contributed by atoms with Crippen LogP contribution in [0, 0.1) is 0 Å². The molecule has 3 aromatic carbocycles. The minimum Gasteiger partial charge on any atom is -0.508 e. The number of nitrogens with zero attached hydrogens (tertiary/aromatic N) is 1. The van der Waals surface area contributed by atoms with Crippen LogP contribution in [0.5, 0.6) is 5.75 Å². The smallest absolute Gasteiger partial charge is 0.329 e. The van der Waals surface area contributed by atoms with E-state index in [2.05, 4.69) is 0 Å². The molecule has 0 aliphatic carbocycles. The number of carbonyl (C=O) groups is 2. The van der Waals surface area contributed by atoms with Crippen LogP contribution in [0.1, 0.15) is 27.0 Å². The van der Waals surface area contributed by atoms with Gasteiger partial charge in [-0.15, -0.1) is 0 Å². The van der Waals surface area contributed by atoms with Crippen LogP contribution in [0.3, 0.4) is 0 Å². The monoisotopic (exact) mass is 387 g/mol. The Bertz CT molecular complexity index is 1010. The van der Waals surface area contributed by atoms with Gasteiger partial charge in [-0.05, 0) is 41.0 Å². The largest absolute Gasteiger partial charge is 0.508 e. The van der Waals surface area contributed by atoms with Gasteiger partial charge in [-0.2, -0.15) is 0 Å². The Kier molecular flexibility index (Phi) is 5.29. The first kappa shape index (κ1) is 18.7. The number of fused-ring (bicyclic) bond motifs is 1. The molecule has 1 aliphatic heterocycles. The van der Waals surface area contributed by atoms with E-state index in [0.717, 1.165) is 16.7 Å². The first-order valence-corrected chi connectivity index (χ1v) is 9.49. The Morgan fingerprint density at radius 1 is 0.897 bits per heavy atom. The molecule has 0 saturated carbocycles. The van der Waals surface area contributed by atoms with Gasteiger partial charge in [-0.1, -0.05) is 54.6 Å². The molecule has 29 heavy (non-hydrogen) atoms. The Morgan fingerprint density at radius 3 is 2.28 bits per heavy atom. The number of amides is 1. The van der Waals surface area contributed by atoms with E-state index >= 15 is 0 Å². The van der Waals surface area contributed by atoms with Crippen molar-refractivity contribution in [3.05, 3.63) is 101 Å². The van der Waals surface area contributed by atoms with Gasteiger partial charge in [0, 0.05) is 18.5 Å². The Labute approximate surface area is 169 Å². The summed E-state index contributed by atoms with van der Waals surface area (Å²) in [5.41, 5.74) is 3.38. The number of hydrogen-bond donors (Lipinski definition) is 1. The molecule has 5 heteroatoms. The number of rotatable bonds is 4. The van der Waals surface area contributed by atoms with E-state index in [1.807, 2.05) is 54.6 Å². The van der Waals surface area contributed by atoms with Crippen molar-refractivity contribution in [2.45, 2.75) is 25.6 Å². The molecule has 0 radical (unpaired) electrons. The molecule has 0 spiro atoms. The van der Waals surface area contributed by atoms with Crippen molar-refractivity contribution in [3.63, 3.8) is 0 Å². The third-order valence-corrected chi connectivity index (χ3v) is 5.12. The Morgan fingerprint density at radius 2 is 1.55 bits per heavy atom. The van der Waals surface area contributed by atoms with Crippen molar-refractivity contribution in [1.29, 1.82) is 0 Å². The van der Waals surface area contributed by atoms with Gasteiger partial charge < -0.3 is 14.7 Å². The summed E-state index contributed by atoms with van der Waals surface area (Å²) in [5, 5.41) is 9.50. The fourth-order valence-electron chi connectivity index (χ4n) is 3.54. The van der Waals surface area contributed by atoms with Crippen molar-refractivity contribution >= 4 is 11.9 Å². The molecule has 146 valence electrons. The van der Waals surface area contributed by atoms with Gasteiger partial charge in [-0.25, -0.2) is 4.79 Å². The zero-order chi connectivity index (χ0) is 20.2. The number of carbonyl (C=O) groups excluding carboxylic acids is 2. The van der Waals surface area contributed by atoms with Crippen molar-refractivity contribution in [1.82, 2.24) is 4.90 Å². The lowest BCUT2D eigenvalue weighted by atomic mass is 9.93. The summed E-state index contributed by atoms with van der Waals surface area (Å²) >= 11 is 0. The standard InChI is InChI=1S/C24H21NO4/c26-21-12-10-18(11-13-21)23(27)25-15-20-9-5-4-8-19(20)14-22(25)24(28)29-16-17-6-2-1-3-7-17/h1-13,22,26H,14-16H2/t22-/m0/s1. The molecule has 1 aliphatic rings. The highest BCUT2D eigenvalue weighted by Crippen LogP contribution is 2.26. The second-order valence-electron chi connectivity index (χ2n) is 7.06. The minimum atomic E-state index is -0.699. The predicted molar refractivity (Wildman–Crippen MR) is 108 cm³/mol. The first-order valence-electron chi connectivity index (χ1n) is 9.49. The van der Waals surface area contributed by atoms with E-state index in [0.29, 0.717) is 18.5 Å². The molecule has 1 atom stereocenters. The second kappa shape index (κ2) is 8.19. The lowest BCUT2D eigenvalue weighted by Crippen LogP contribution is -2.49. The number of phenolic OH excluding ortho intramolecular Hbond substituents is 1. The summed E-state index contributed by atoms with van der Waals surface area (Å²) in [6.07, 6.45) is 0.410. The zero-order valence-corrected chi connectivity index (χ0v) is 15.8. The van der Waals surface area contributed by atoms with Crippen LogP contribution in [0.4, 0.5) is 0 Å². The molecule has 1 amide bonds. The highest BCUT2D eigenvalue weighted by molar-refractivity contribution is 5.97. The molecule has 1 N–H and O–H groups in total. The summed E-state index contributed by atoms with van der Waals surface area (Å²) in [4.78, 5) is 27.6. The van der Waals surface area contributed by atoms with Crippen molar-refractivity contribution in [3.8, 4) is 5.75 Å². The number of benzene rings is 3. The van der Waals surface area contributed by atoms with E-state index in [1.54, 1.807) is 17.0 Å². The van der Waals surface area contributed by atoms with E-state index in [-0.39, 0.29) is 18.3 Å². The minimum absolute atomic E-state index is 0.0874. The maximum Gasteiger partial charge on any atom is 0.329 e. The zero-order valence-electron chi connectivity index (χ0n) is 15.8. The van der Waals surface area contributed by atoms with Crippen LogP contribution in [0.2, 0.25) is 0 Å². The third kappa shape index (κ3) is 4.14. The van der Waals surface area contributed by atoms with Gasteiger partial charge in [0.25, 0.3) is 5.91 Å². The van der Waals surface area contributed by atoms with Gasteiger partial charge in [-0.3, -0.25) is 4.79 Å². The molecule has 1 heterocycles. The fraction of sp³-hybridized carbons (Fsp3) is 0.167. The fourth-order valence-corrected chi connectivity index (χ4v) is 3.54. The lowest BCUT2D eigenvalue weighted by molar-refractivity contribution is -0.151. The average molecular weight is 387 g/mol. The van der Waals surface area contributed by atoms with Crippen LogP contribution in [0.15, 0.2) is 78.9 Å². The topological polar surface area (TPSA) is 66.8 Å². The van der Waals surface area contributed by atoms with E-state index in [9.17, 15) is 14.7 Å². The maximum absolute atomic E-state index is 13.1. The van der Waals surface area contributed by atoms with Gasteiger partial charge >= 0.3 is 5.97 Å². The quantitative estimate of drug-likeness (QED) is 0.693. The molecule has 0 bridgehead atoms. The van der Waals surface area contributed by atoms with E-state index in [4.69, 9.17) is 4.74 Å². The summed E-state index contributed by atoms with van der Waals surface area (Å²) in [6, 6.07) is 22.6. The number of phenols is 1. The van der Waals surface area contributed by atoms with Crippen molar-refractivity contribution in [2.24, 2.45) is 0 Å². The second-order valence-corrected chi connectivity index (χ2v) is 7.06. The average Bonchev–Trinajstić information content (AvgIpc) is 2.77. The van der Waals surface area contributed by atoms with E-state index in [1.165, 1.54) is 12.1 Å². The molecule has 0 fully saturated rings. The highest BCUT2D eigenvalue weighted by atomic mass is 16.5.